The average molecular weight is 941 g/mol. The standard InChI is InChI=1S/C22H22ClN5O3.C21H22ClN5O3S.Na.H2O/c23-17-3-1-16(2-4-17)21-20(15-7-9-24-10-8-15)22(26-25-21)28-13-11-27(12-14-28)18(29)5-6-19(30)31;22-17-3-1-16(2-4-17)20-19(15-5-8-23-9-6-15)21(25-24-20)26-10-12-27(13-11-26)31(30)14-7-18(28)29;;/h1-4,7-10H,5-6,11-14H2,(H,25,26)(H,30,31);1-6,8-9H,7,10-14H2,(H,24,25)(H,28,29);;1H2/q;;+1;. The van der Waals surface area contributed by atoms with E-state index in [4.69, 9.17) is 33.4 Å². The molecule has 0 bridgehead atoms. The van der Waals surface area contributed by atoms with Crippen LogP contribution in [0, 0.1) is 0 Å². The van der Waals surface area contributed by atoms with E-state index in [0.717, 1.165) is 56.4 Å². The number of hydrogen-bond donors (Lipinski definition) is 4. The first-order valence-electron chi connectivity index (χ1n) is 19.9. The Labute approximate surface area is 404 Å². The summed E-state index contributed by atoms with van der Waals surface area (Å²) >= 11 is 12.1. The molecule has 2 saturated heterocycles. The first-order chi connectivity index (χ1) is 30.0. The summed E-state index contributed by atoms with van der Waals surface area (Å²) in [5.41, 5.74) is 7.66. The normalized spacial score (nSPS) is 14.4. The van der Waals surface area contributed by atoms with Crippen molar-refractivity contribution in [1.82, 2.24) is 39.6 Å². The van der Waals surface area contributed by atoms with Gasteiger partial charge in [-0.1, -0.05) is 47.5 Å². The molecular weight excluding hydrogens is 894 g/mol. The van der Waals surface area contributed by atoms with Crippen molar-refractivity contribution in [1.29, 1.82) is 0 Å². The van der Waals surface area contributed by atoms with E-state index in [-0.39, 0.29) is 66.0 Å². The van der Waals surface area contributed by atoms with Crippen LogP contribution in [0.4, 0.5) is 11.6 Å². The fraction of sp³-hybridized carbons (Fsp3) is 0.279. The average Bonchev–Trinajstić information content (AvgIpc) is 3.95. The number of piperazine rings is 2. The molecule has 17 nitrogen and oxygen atoms in total. The van der Waals surface area contributed by atoms with E-state index in [0.29, 0.717) is 62.4 Å². The smallest absolute Gasteiger partial charge is 0.481 e. The Morgan fingerprint density at radius 3 is 1.39 bits per heavy atom. The monoisotopic (exact) mass is 939 g/mol. The summed E-state index contributed by atoms with van der Waals surface area (Å²) in [7, 11) is -1.29. The van der Waals surface area contributed by atoms with Crippen LogP contribution in [-0.4, -0.2) is 135 Å². The number of H-pyrrole nitrogens is 2. The molecule has 1 amide bonds. The van der Waals surface area contributed by atoms with Crippen LogP contribution in [0.5, 0.6) is 0 Å². The molecule has 2 aliphatic heterocycles. The topological polar surface area (TPSA) is 236 Å². The Morgan fingerprint density at radius 1 is 0.578 bits per heavy atom. The van der Waals surface area contributed by atoms with Gasteiger partial charge < -0.3 is 30.4 Å². The van der Waals surface area contributed by atoms with Gasteiger partial charge in [-0.25, -0.2) is 8.51 Å². The molecule has 64 heavy (non-hydrogen) atoms. The molecule has 21 heteroatoms. The summed E-state index contributed by atoms with van der Waals surface area (Å²) in [6.45, 7) is 4.71. The maximum absolute atomic E-state index is 12.4. The number of amides is 1. The number of aromatic nitrogens is 6. The molecule has 6 heterocycles. The van der Waals surface area contributed by atoms with E-state index in [1.807, 2.05) is 77.1 Å². The molecule has 330 valence electrons. The van der Waals surface area contributed by atoms with Crippen LogP contribution >= 0.6 is 23.2 Å². The zero-order valence-corrected chi connectivity index (χ0v) is 39.3. The number of carboxylic acids is 2. The quantitative estimate of drug-likeness (QED) is 0.122. The molecule has 2 aliphatic rings. The van der Waals surface area contributed by atoms with E-state index < -0.39 is 22.9 Å². The second-order valence-corrected chi connectivity index (χ2v) is 16.9. The third kappa shape index (κ3) is 12.5. The van der Waals surface area contributed by atoms with Crippen molar-refractivity contribution in [2.24, 2.45) is 0 Å². The van der Waals surface area contributed by atoms with Gasteiger partial charge >= 0.3 is 41.5 Å². The summed E-state index contributed by atoms with van der Waals surface area (Å²) in [5.74, 6) is -0.234. The number of hydrogen-bond acceptors (Lipinski definition) is 10. The van der Waals surface area contributed by atoms with Crippen LogP contribution < -0.4 is 39.4 Å². The maximum Gasteiger partial charge on any atom is 1.00 e. The van der Waals surface area contributed by atoms with Crippen molar-refractivity contribution in [3.8, 4) is 44.8 Å². The number of halogens is 2. The van der Waals surface area contributed by atoms with Gasteiger partial charge in [0.1, 0.15) is 0 Å². The second kappa shape index (κ2) is 23.7. The SMILES string of the molecule is O.O=C(O)CCC(=O)N1CCN(c2n[nH]c(-c3ccc(Cl)cc3)c2-c2ccncc2)CC1.O=C(O)CCS(=O)N1CCN(c2n[nH]c(-c3ccc(Cl)cc3)c2-c2ccncc2)CC1.[Na+]. The Hall–Kier alpha value is -5.18. The van der Waals surface area contributed by atoms with Gasteiger partial charge in [-0.2, -0.15) is 10.2 Å². The molecular formula is C43H46Cl2N10NaO7S+. The summed E-state index contributed by atoms with van der Waals surface area (Å²) in [6.07, 6.45) is 6.79. The molecule has 2 fully saturated rings. The van der Waals surface area contributed by atoms with Crippen LogP contribution in [0.3, 0.4) is 0 Å². The van der Waals surface area contributed by atoms with Gasteiger partial charge in [0.2, 0.25) is 5.91 Å². The molecule has 1 unspecified atom stereocenters. The third-order valence-electron chi connectivity index (χ3n) is 10.5. The van der Waals surface area contributed by atoms with Gasteiger partial charge in [-0.15, -0.1) is 0 Å². The first-order valence-corrected chi connectivity index (χ1v) is 21.9. The molecule has 4 aromatic heterocycles. The number of nitrogens with zero attached hydrogens (tertiary/aromatic N) is 8. The van der Waals surface area contributed by atoms with E-state index in [2.05, 4.69) is 40.2 Å². The van der Waals surface area contributed by atoms with Gasteiger partial charge in [-0.05, 0) is 59.7 Å². The Bertz CT molecular complexity index is 2310. The number of nitrogens with one attached hydrogen (secondary N) is 2. The van der Waals surface area contributed by atoms with Crippen LogP contribution in [-0.2, 0) is 25.4 Å². The van der Waals surface area contributed by atoms with Crippen molar-refractivity contribution < 1.29 is 63.8 Å². The number of carboxylic acid groups (broad SMARTS) is 2. The van der Waals surface area contributed by atoms with Gasteiger partial charge in [0, 0.05) is 110 Å². The second-order valence-electron chi connectivity index (χ2n) is 14.4. The third-order valence-corrected chi connectivity index (χ3v) is 12.5. The van der Waals surface area contributed by atoms with Crippen molar-refractivity contribution in [2.45, 2.75) is 19.3 Å². The molecule has 2 aromatic carbocycles. The summed E-state index contributed by atoms with van der Waals surface area (Å²) in [6, 6.07) is 23.0. The number of pyridine rings is 2. The van der Waals surface area contributed by atoms with Crippen molar-refractivity contribution >= 4 is 63.7 Å². The molecule has 0 aliphatic carbocycles. The minimum Gasteiger partial charge on any atom is -0.481 e. The number of aromatic amines is 2. The number of benzene rings is 2. The van der Waals surface area contributed by atoms with Gasteiger partial charge in [0.25, 0.3) is 0 Å². The summed E-state index contributed by atoms with van der Waals surface area (Å²) < 4.78 is 14.2. The van der Waals surface area contributed by atoms with E-state index >= 15 is 0 Å². The van der Waals surface area contributed by atoms with E-state index in [9.17, 15) is 18.6 Å². The number of aliphatic carboxylic acids is 2. The fourth-order valence-electron chi connectivity index (χ4n) is 7.30. The van der Waals surface area contributed by atoms with Crippen LogP contribution in [0.15, 0.2) is 97.6 Å². The minimum absolute atomic E-state index is 0. The first kappa shape index (κ1) is 49.8. The molecule has 8 rings (SSSR count). The molecule has 6 aromatic rings. The van der Waals surface area contributed by atoms with Crippen LogP contribution in [0.25, 0.3) is 44.8 Å². The Balaban J connectivity index is 0.000000234. The largest absolute Gasteiger partial charge is 1.00 e. The zero-order chi connectivity index (χ0) is 43.6. The Morgan fingerprint density at radius 2 is 0.984 bits per heavy atom. The minimum atomic E-state index is -1.29. The van der Waals surface area contributed by atoms with Gasteiger partial charge in [-0.3, -0.25) is 34.5 Å². The number of anilines is 2. The number of carbonyl (C=O) groups is 3. The van der Waals surface area contributed by atoms with Crippen LogP contribution in [0.2, 0.25) is 10.0 Å². The summed E-state index contributed by atoms with van der Waals surface area (Å²) in [5, 5.41) is 34.5. The Kier molecular flexibility index (Phi) is 18.4. The fourth-order valence-corrected chi connectivity index (χ4v) is 8.73. The van der Waals surface area contributed by atoms with Crippen molar-refractivity contribution in [3.63, 3.8) is 0 Å². The predicted molar refractivity (Wildman–Crippen MR) is 243 cm³/mol. The molecule has 0 spiro atoms. The predicted octanol–water partition coefficient (Wildman–Crippen LogP) is 2.54. The molecule has 1 atom stereocenters. The summed E-state index contributed by atoms with van der Waals surface area (Å²) in [4.78, 5) is 48.0. The van der Waals surface area contributed by atoms with Gasteiger partial charge in [0.15, 0.2) is 11.6 Å². The molecule has 0 saturated carbocycles. The zero-order valence-electron chi connectivity index (χ0n) is 35.0. The van der Waals surface area contributed by atoms with Crippen molar-refractivity contribution in [3.05, 3.63) is 108 Å². The molecule has 6 N–H and O–H groups in total. The number of carbonyl (C=O) groups excluding carboxylic acids is 1. The van der Waals surface area contributed by atoms with Gasteiger partial charge in [0.05, 0.1) is 46.3 Å². The maximum atomic E-state index is 12.4. The van der Waals surface area contributed by atoms with Crippen molar-refractivity contribution in [2.75, 3.05) is 67.9 Å². The number of rotatable bonds is 13. The molecule has 0 radical (unpaired) electrons. The van der Waals surface area contributed by atoms with E-state index in [1.54, 1.807) is 29.7 Å². The van der Waals surface area contributed by atoms with Crippen LogP contribution in [0.1, 0.15) is 19.3 Å². The van der Waals surface area contributed by atoms with E-state index in [1.165, 1.54) is 0 Å².